The second kappa shape index (κ2) is 8.31. The Morgan fingerprint density at radius 2 is 1.29 bits per heavy atom. The molecule has 0 saturated heterocycles. The quantitative estimate of drug-likeness (QED) is 0.375. The summed E-state index contributed by atoms with van der Waals surface area (Å²) in [6.07, 6.45) is 0. The highest BCUT2D eigenvalue weighted by atomic mass is 16.5. The van der Waals surface area contributed by atoms with Crippen molar-refractivity contribution in [3.8, 4) is 22.6 Å². The second-order valence-corrected chi connectivity index (χ2v) is 6.12. The van der Waals surface area contributed by atoms with E-state index < -0.39 is 11.9 Å². The molecule has 28 heavy (non-hydrogen) atoms. The van der Waals surface area contributed by atoms with Crippen molar-refractivity contribution >= 4 is 17.7 Å². The molecule has 0 spiro atoms. The smallest absolute Gasteiger partial charge is 0.308 e. The molecule has 3 rings (SSSR count). The number of carbonyl (C=O) groups excluding carboxylic acids is 3. The highest BCUT2D eigenvalue weighted by Gasteiger charge is 2.15. The van der Waals surface area contributed by atoms with E-state index in [2.05, 4.69) is 0 Å². The summed E-state index contributed by atoms with van der Waals surface area (Å²) in [4.78, 5) is 35.3. The first kappa shape index (κ1) is 19.0. The molecular formula is C23H18O5. The lowest BCUT2D eigenvalue weighted by molar-refractivity contribution is -0.132. The predicted molar refractivity (Wildman–Crippen MR) is 104 cm³/mol. The van der Waals surface area contributed by atoms with E-state index in [0.717, 1.165) is 5.56 Å². The van der Waals surface area contributed by atoms with Gasteiger partial charge in [-0.05, 0) is 48.0 Å². The van der Waals surface area contributed by atoms with E-state index in [4.69, 9.17) is 9.47 Å². The lowest BCUT2D eigenvalue weighted by atomic mass is 9.97. The standard InChI is InChI=1S/C23H18O5/c1-15(24)27-20-11-8-18(9-12-20)23(26)19-10-13-22(28-16(2)25)21(14-19)17-6-4-3-5-7-17/h3-14H,1-2H3. The van der Waals surface area contributed by atoms with Crippen molar-refractivity contribution in [1.82, 2.24) is 0 Å². The first-order chi connectivity index (χ1) is 13.4. The van der Waals surface area contributed by atoms with Gasteiger partial charge in [-0.3, -0.25) is 14.4 Å². The van der Waals surface area contributed by atoms with Gasteiger partial charge >= 0.3 is 11.9 Å². The van der Waals surface area contributed by atoms with Crippen LogP contribution in [0.15, 0.2) is 72.8 Å². The van der Waals surface area contributed by atoms with Crippen LogP contribution in [0.25, 0.3) is 11.1 Å². The Kier molecular flexibility index (Phi) is 5.65. The summed E-state index contributed by atoms with van der Waals surface area (Å²) >= 11 is 0. The molecule has 0 bridgehead atoms. The van der Waals surface area contributed by atoms with Crippen molar-refractivity contribution in [2.75, 3.05) is 0 Å². The highest BCUT2D eigenvalue weighted by Crippen LogP contribution is 2.32. The average Bonchev–Trinajstić information content (AvgIpc) is 2.68. The van der Waals surface area contributed by atoms with Crippen molar-refractivity contribution in [2.24, 2.45) is 0 Å². The molecule has 0 heterocycles. The van der Waals surface area contributed by atoms with Crippen LogP contribution in [0.3, 0.4) is 0 Å². The van der Waals surface area contributed by atoms with Crippen molar-refractivity contribution in [1.29, 1.82) is 0 Å². The molecule has 0 aromatic heterocycles. The summed E-state index contributed by atoms with van der Waals surface area (Å²) in [6.45, 7) is 2.65. The van der Waals surface area contributed by atoms with E-state index in [1.54, 1.807) is 42.5 Å². The van der Waals surface area contributed by atoms with Gasteiger partial charge in [-0.25, -0.2) is 0 Å². The predicted octanol–water partition coefficient (Wildman–Crippen LogP) is 4.44. The van der Waals surface area contributed by atoms with Gasteiger partial charge < -0.3 is 9.47 Å². The fourth-order valence-corrected chi connectivity index (χ4v) is 2.77. The Balaban J connectivity index is 1.96. The Morgan fingerprint density at radius 1 is 0.679 bits per heavy atom. The molecule has 0 fully saturated rings. The largest absolute Gasteiger partial charge is 0.427 e. The number of esters is 2. The molecular weight excluding hydrogens is 356 g/mol. The lowest BCUT2D eigenvalue weighted by Gasteiger charge is -2.11. The summed E-state index contributed by atoms with van der Waals surface area (Å²) in [6, 6.07) is 20.7. The second-order valence-electron chi connectivity index (χ2n) is 6.12. The number of hydrogen-bond acceptors (Lipinski definition) is 5. The minimum atomic E-state index is -0.433. The molecule has 0 saturated carbocycles. The highest BCUT2D eigenvalue weighted by molar-refractivity contribution is 6.09. The first-order valence-corrected chi connectivity index (χ1v) is 8.65. The zero-order valence-corrected chi connectivity index (χ0v) is 15.5. The Labute approximate surface area is 162 Å². The van der Waals surface area contributed by atoms with Gasteiger partial charge in [0.15, 0.2) is 5.78 Å². The molecule has 0 amide bonds. The first-order valence-electron chi connectivity index (χ1n) is 8.65. The van der Waals surface area contributed by atoms with Gasteiger partial charge in [-0.2, -0.15) is 0 Å². The summed E-state index contributed by atoms with van der Waals surface area (Å²) in [5.41, 5.74) is 2.39. The minimum absolute atomic E-state index is 0.194. The van der Waals surface area contributed by atoms with Gasteiger partial charge in [0.25, 0.3) is 0 Å². The number of hydrogen-bond donors (Lipinski definition) is 0. The van der Waals surface area contributed by atoms with Crippen LogP contribution in [0.5, 0.6) is 11.5 Å². The van der Waals surface area contributed by atoms with Crippen LogP contribution in [0.4, 0.5) is 0 Å². The van der Waals surface area contributed by atoms with Gasteiger partial charge in [-0.1, -0.05) is 30.3 Å². The number of ketones is 1. The molecule has 140 valence electrons. The monoisotopic (exact) mass is 374 g/mol. The number of ether oxygens (including phenoxy) is 2. The molecule has 0 atom stereocenters. The molecule has 0 aliphatic heterocycles. The van der Waals surface area contributed by atoms with Crippen molar-refractivity contribution in [2.45, 2.75) is 13.8 Å². The third kappa shape index (κ3) is 4.51. The SMILES string of the molecule is CC(=O)Oc1ccc(C(=O)c2ccc(OC(C)=O)c(-c3ccccc3)c2)cc1. The van der Waals surface area contributed by atoms with Gasteiger partial charge in [0.05, 0.1) is 0 Å². The van der Waals surface area contributed by atoms with Crippen LogP contribution in [-0.4, -0.2) is 17.7 Å². The van der Waals surface area contributed by atoms with E-state index in [0.29, 0.717) is 28.2 Å². The zero-order valence-electron chi connectivity index (χ0n) is 15.5. The lowest BCUT2D eigenvalue weighted by Crippen LogP contribution is -2.06. The van der Waals surface area contributed by atoms with Gasteiger partial charge in [0.1, 0.15) is 11.5 Å². The summed E-state index contributed by atoms with van der Waals surface area (Å²) in [5.74, 6) is -0.287. The average molecular weight is 374 g/mol. The Hall–Kier alpha value is -3.73. The third-order valence-electron chi connectivity index (χ3n) is 3.96. The van der Waals surface area contributed by atoms with Crippen molar-refractivity contribution < 1.29 is 23.9 Å². The van der Waals surface area contributed by atoms with E-state index >= 15 is 0 Å². The molecule has 5 nitrogen and oxygen atoms in total. The number of rotatable bonds is 5. The fourth-order valence-electron chi connectivity index (χ4n) is 2.77. The van der Waals surface area contributed by atoms with Crippen LogP contribution in [0, 0.1) is 0 Å². The summed E-state index contributed by atoms with van der Waals surface area (Å²) in [5, 5.41) is 0. The summed E-state index contributed by atoms with van der Waals surface area (Å²) in [7, 11) is 0. The zero-order chi connectivity index (χ0) is 20.1. The topological polar surface area (TPSA) is 69.7 Å². The van der Waals surface area contributed by atoms with Crippen LogP contribution in [0.2, 0.25) is 0 Å². The molecule has 0 aliphatic rings. The van der Waals surface area contributed by atoms with Crippen LogP contribution in [-0.2, 0) is 9.59 Å². The van der Waals surface area contributed by atoms with Gasteiger partial charge in [0.2, 0.25) is 0 Å². The fraction of sp³-hybridized carbons (Fsp3) is 0.0870. The minimum Gasteiger partial charge on any atom is -0.427 e. The van der Waals surface area contributed by atoms with E-state index in [1.165, 1.54) is 13.8 Å². The Morgan fingerprint density at radius 3 is 1.89 bits per heavy atom. The van der Waals surface area contributed by atoms with E-state index in [-0.39, 0.29) is 5.78 Å². The molecule has 0 aliphatic carbocycles. The Bertz CT molecular complexity index is 1020. The molecule has 0 radical (unpaired) electrons. The maximum absolute atomic E-state index is 12.9. The van der Waals surface area contributed by atoms with Crippen molar-refractivity contribution in [3.05, 3.63) is 83.9 Å². The molecule has 3 aromatic rings. The van der Waals surface area contributed by atoms with Crippen molar-refractivity contribution in [3.63, 3.8) is 0 Å². The third-order valence-corrected chi connectivity index (χ3v) is 3.96. The van der Waals surface area contributed by atoms with Gasteiger partial charge in [-0.15, -0.1) is 0 Å². The van der Waals surface area contributed by atoms with E-state index in [1.807, 2.05) is 30.3 Å². The molecule has 0 unspecified atom stereocenters. The number of benzene rings is 3. The summed E-state index contributed by atoms with van der Waals surface area (Å²) < 4.78 is 10.3. The molecule has 5 heteroatoms. The van der Waals surface area contributed by atoms with Gasteiger partial charge in [0, 0.05) is 30.5 Å². The maximum atomic E-state index is 12.9. The number of carbonyl (C=O) groups is 3. The normalized spacial score (nSPS) is 10.2. The maximum Gasteiger partial charge on any atom is 0.308 e. The van der Waals surface area contributed by atoms with Crippen LogP contribution < -0.4 is 9.47 Å². The van der Waals surface area contributed by atoms with Crippen LogP contribution >= 0.6 is 0 Å². The molecule has 0 N–H and O–H groups in total. The van der Waals surface area contributed by atoms with Crippen LogP contribution in [0.1, 0.15) is 29.8 Å². The van der Waals surface area contributed by atoms with E-state index in [9.17, 15) is 14.4 Å². The molecule has 3 aromatic carbocycles.